The van der Waals surface area contributed by atoms with Crippen LogP contribution in [0.2, 0.25) is 0 Å². The van der Waals surface area contributed by atoms with E-state index in [9.17, 15) is 4.79 Å². The van der Waals surface area contributed by atoms with Crippen LogP contribution in [0.1, 0.15) is 52.9 Å². The standard InChI is InChI=1S/C12H22O2/c1-4-12(2,3)10-7-5-9(6-8-10)11(13)14/h9-10H,4-8H2,1-3H3,(H,13,14)/t9-,10-. The maximum Gasteiger partial charge on any atom is 0.306 e. The van der Waals surface area contributed by atoms with Crippen LogP contribution in [0.5, 0.6) is 0 Å². The molecule has 1 rings (SSSR count). The van der Waals surface area contributed by atoms with Crippen molar-refractivity contribution in [1.29, 1.82) is 0 Å². The van der Waals surface area contributed by atoms with E-state index in [1.165, 1.54) is 6.42 Å². The van der Waals surface area contributed by atoms with E-state index in [1.54, 1.807) is 0 Å². The zero-order chi connectivity index (χ0) is 10.8. The molecule has 2 nitrogen and oxygen atoms in total. The SMILES string of the molecule is CCC(C)(C)[C@H]1CC[C@H](C(=O)O)CC1. The Morgan fingerprint density at radius 1 is 1.29 bits per heavy atom. The summed E-state index contributed by atoms with van der Waals surface area (Å²) in [5.74, 6) is 0.0553. The van der Waals surface area contributed by atoms with Gasteiger partial charge in [-0.2, -0.15) is 0 Å². The summed E-state index contributed by atoms with van der Waals surface area (Å²) in [4.78, 5) is 10.8. The minimum absolute atomic E-state index is 0.0705. The van der Waals surface area contributed by atoms with Gasteiger partial charge in [-0.1, -0.05) is 27.2 Å². The quantitative estimate of drug-likeness (QED) is 0.755. The van der Waals surface area contributed by atoms with Crippen LogP contribution in [0.25, 0.3) is 0 Å². The number of aliphatic carboxylic acids is 1. The first-order valence-electron chi connectivity index (χ1n) is 5.70. The Morgan fingerprint density at radius 3 is 2.14 bits per heavy atom. The molecule has 0 aromatic rings. The zero-order valence-corrected chi connectivity index (χ0v) is 9.55. The van der Waals surface area contributed by atoms with Crippen molar-refractivity contribution in [2.45, 2.75) is 52.9 Å². The molecule has 1 aliphatic carbocycles. The molecule has 0 aromatic carbocycles. The summed E-state index contributed by atoms with van der Waals surface area (Å²) in [5.41, 5.74) is 0.392. The van der Waals surface area contributed by atoms with Gasteiger partial charge in [-0.15, -0.1) is 0 Å². The fourth-order valence-electron chi connectivity index (χ4n) is 2.41. The van der Waals surface area contributed by atoms with Crippen LogP contribution in [0.3, 0.4) is 0 Å². The molecular formula is C12H22O2. The summed E-state index contributed by atoms with van der Waals surface area (Å²) in [5, 5.41) is 8.88. The van der Waals surface area contributed by atoms with E-state index >= 15 is 0 Å². The molecule has 1 fully saturated rings. The van der Waals surface area contributed by atoms with Gasteiger partial charge < -0.3 is 5.11 Å². The van der Waals surface area contributed by atoms with E-state index in [-0.39, 0.29) is 5.92 Å². The van der Waals surface area contributed by atoms with Gasteiger partial charge >= 0.3 is 5.97 Å². The number of hydrogen-bond acceptors (Lipinski definition) is 1. The van der Waals surface area contributed by atoms with Gasteiger partial charge in [0.15, 0.2) is 0 Å². The van der Waals surface area contributed by atoms with Crippen LogP contribution in [0.4, 0.5) is 0 Å². The second kappa shape index (κ2) is 4.33. The molecule has 0 heterocycles. The van der Waals surface area contributed by atoms with Crippen molar-refractivity contribution in [3.63, 3.8) is 0 Å². The number of hydrogen-bond donors (Lipinski definition) is 1. The monoisotopic (exact) mass is 198 g/mol. The normalized spacial score (nSPS) is 28.8. The predicted octanol–water partition coefficient (Wildman–Crippen LogP) is 3.31. The van der Waals surface area contributed by atoms with Crippen molar-refractivity contribution in [1.82, 2.24) is 0 Å². The molecular weight excluding hydrogens is 176 g/mol. The average molecular weight is 198 g/mol. The molecule has 82 valence electrons. The predicted molar refractivity (Wildman–Crippen MR) is 57.2 cm³/mol. The number of carboxylic acid groups (broad SMARTS) is 1. The van der Waals surface area contributed by atoms with Gasteiger partial charge in [0.1, 0.15) is 0 Å². The fourth-order valence-corrected chi connectivity index (χ4v) is 2.41. The highest BCUT2D eigenvalue weighted by Gasteiger charge is 2.33. The van der Waals surface area contributed by atoms with E-state index in [0.29, 0.717) is 5.41 Å². The molecule has 0 radical (unpaired) electrons. The third-order valence-corrected chi connectivity index (χ3v) is 4.09. The average Bonchev–Trinajstić information content (AvgIpc) is 2.18. The summed E-state index contributed by atoms with van der Waals surface area (Å²) >= 11 is 0. The largest absolute Gasteiger partial charge is 0.481 e. The lowest BCUT2D eigenvalue weighted by atomic mass is 9.67. The Morgan fingerprint density at radius 2 is 1.79 bits per heavy atom. The smallest absolute Gasteiger partial charge is 0.306 e. The van der Waals surface area contributed by atoms with Gasteiger partial charge in [-0.25, -0.2) is 0 Å². The maximum absolute atomic E-state index is 10.8. The first-order valence-corrected chi connectivity index (χ1v) is 5.70. The lowest BCUT2D eigenvalue weighted by Crippen LogP contribution is -2.30. The lowest BCUT2D eigenvalue weighted by molar-refractivity contribution is -0.143. The van der Waals surface area contributed by atoms with Crippen molar-refractivity contribution in [2.24, 2.45) is 17.3 Å². The number of rotatable bonds is 3. The van der Waals surface area contributed by atoms with Crippen LogP contribution in [-0.4, -0.2) is 11.1 Å². The zero-order valence-electron chi connectivity index (χ0n) is 9.55. The lowest BCUT2D eigenvalue weighted by Gasteiger charge is -2.37. The summed E-state index contributed by atoms with van der Waals surface area (Å²) in [6.07, 6.45) is 5.14. The van der Waals surface area contributed by atoms with E-state index in [0.717, 1.165) is 31.6 Å². The van der Waals surface area contributed by atoms with Gasteiger partial charge in [-0.3, -0.25) is 4.79 Å². The van der Waals surface area contributed by atoms with Gasteiger partial charge in [0.2, 0.25) is 0 Å². The molecule has 1 aliphatic rings. The molecule has 14 heavy (non-hydrogen) atoms. The second-order valence-corrected chi connectivity index (χ2v) is 5.23. The number of carboxylic acids is 1. The molecule has 0 bridgehead atoms. The second-order valence-electron chi connectivity index (χ2n) is 5.23. The Bertz CT molecular complexity index is 200. The molecule has 0 aliphatic heterocycles. The first-order chi connectivity index (χ1) is 6.47. The third kappa shape index (κ3) is 2.49. The van der Waals surface area contributed by atoms with Crippen molar-refractivity contribution in [2.75, 3.05) is 0 Å². The Hall–Kier alpha value is -0.530. The Kier molecular flexibility index (Phi) is 3.57. The summed E-state index contributed by atoms with van der Waals surface area (Å²) in [6, 6.07) is 0. The van der Waals surface area contributed by atoms with E-state index < -0.39 is 5.97 Å². The highest BCUT2D eigenvalue weighted by molar-refractivity contribution is 5.69. The van der Waals surface area contributed by atoms with E-state index in [1.807, 2.05) is 0 Å². The van der Waals surface area contributed by atoms with Crippen LogP contribution in [-0.2, 0) is 4.79 Å². The summed E-state index contributed by atoms with van der Waals surface area (Å²) in [6.45, 7) is 6.83. The highest BCUT2D eigenvalue weighted by atomic mass is 16.4. The summed E-state index contributed by atoms with van der Waals surface area (Å²) in [7, 11) is 0. The molecule has 2 heteroatoms. The minimum Gasteiger partial charge on any atom is -0.481 e. The molecule has 0 spiro atoms. The van der Waals surface area contributed by atoms with E-state index in [4.69, 9.17) is 5.11 Å². The fraction of sp³-hybridized carbons (Fsp3) is 0.917. The minimum atomic E-state index is -0.599. The maximum atomic E-state index is 10.8. The molecule has 1 saturated carbocycles. The topological polar surface area (TPSA) is 37.3 Å². The molecule has 1 N–H and O–H groups in total. The third-order valence-electron chi connectivity index (χ3n) is 4.09. The number of carbonyl (C=O) groups is 1. The molecule has 0 atom stereocenters. The molecule has 0 aromatic heterocycles. The van der Waals surface area contributed by atoms with E-state index in [2.05, 4.69) is 20.8 Å². The molecule has 0 amide bonds. The van der Waals surface area contributed by atoms with Gasteiger partial charge in [0, 0.05) is 0 Å². The Labute approximate surface area is 86.7 Å². The Balaban J connectivity index is 2.47. The van der Waals surface area contributed by atoms with Crippen molar-refractivity contribution < 1.29 is 9.90 Å². The van der Waals surface area contributed by atoms with Crippen LogP contribution < -0.4 is 0 Å². The van der Waals surface area contributed by atoms with Crippen molar-refractivity contribution >= 4 is 5.97 Å². The van der Waals surface area contributed by atoms with Gasteiger partial charge in [-0.05, 0) is 37.0 Å². The van der Waals surface area contributed by atoms with Crippen LogP contribution in [0.15, 0.2) is 0 Å². The van der Waals surface area contributed by atoms with Crippen LogP contribution in [0, 0.1) is 17.3 Å². The van der Waals surface area contributed by atoms with Crippen LogP contribution >= 0.6 is 0 Å². The summed E-state index contributed by atoms with van der Waals surface area (Å²) < 4.78 is 0. The molecule has 0 unspecified atom stereocenters. The van der Waals surface area contributed by atoms with Gasteiger partial charge in [0.25, 0.3) is 0 Å². The first kappa shape index (κ1) is 11.5. The highest BCUT2D eigenvalue weighted by Crippen LogP contribution is 2.41. The van der Waals surface area contributed by atoms with Crippen molar-refractivity contribution in [3.05, 3.63) is 0 Å². The van der Waals surface area contributed by atoms with Crippen molar-refractivity contribution in [3.8, 4) is 0 Å². The van der Waals surface area contributed by atoms with Gasteiger partial charge in [0.05, 0.1) is 5.92 Å². The molecule has 0 saturated heterocycles.